The minimum Gasteiger partial charge on any atom is -0.370 e. The highest BCUT2D eigenvalue weighted by molar-refractivity contribution is 5.91. The van der Waals surface area contributed by atoms with Gasteiger partial charge in [-0.15, -0.1) is 0 Å². The van der Waals surface area contributed by atoms with Gasteiger partial charge in [0, 0.05) is 18.8 Å². The Hall–Kier alpha value is -1.52. The van der Waals surface area contributed by atoms with E-state index in [9.17, 15) is 0 Å². The number of anilines is 1. The van der Waals surface area contributed by atoms with Crippen molar-refractivity contribution in [2.45, 2.75) is 33.7 Å². The van der Waals surface area contributed by atoms with E-state index >= 15 is 0 Å². The van der Waals surface area contributed by atoms with E-state index in [1.807, 2.05) is 10.9 Å². The van der Waals surface area contributed by atoms with Crippen molar-refractivity contribution in [1.29, 1.82) is 0 Å². The van der Waals surface area contributed by atoms with E-state index in [4.69, 9.17) is 5.73 Å². The molecule has 0 aromatic carbocycles. The molecule has 0 amide bonds. The van der Waals surface area contributed by atoms with Crippen molar-refractivity contribution < 1.29 is 0 Å². The van der Waals surface area contributed by atoms with Crippen molar-refractivity contribution in [2.75, 3.05) is 11.9 Å². The molecule has 0 aliphatic rings. The normalized spacial score (nSPS) is 12.5. The average molecular weight is 223 g/mol. The lowest BCUT2D eigenvalue weighted by Crippen LogP contribution is -2.23. The lowest BCUT2D eigenvalue weighted by Gasteiger charge is -2.05. The number of hydrogen-bond donors (Lipinski definition) is 2. The number of nitrogens with one attached hydrogen (secondary N) is 1. The highest BCUT2D eigenvalue weighted by Crippen LogP contribution is 2.09. The standard InChI is InChI=1S/C11H21N5/c1-8(2)5-13-11(12)15-10-6-14-16(7-10)9(3)4/h6-9H,5H2,1-4H3,(H3,12,13,15). The van der Waals surface area contributed by atoms with Crippen LogP contribution in [0.3, 0.4) is 0 Å². The molecule has 1 aromatic rings. The van der Waals surface area contributed by atoms with Crippen molar-refractivity contribution in [2.24, 2.45) is 16.6 Å². The summed E-state index contributed by atoms with van der Waals surface area (Å²) in [7, 11) is 0. The molecule has 0 saturated heterocycles. The van der Waals surface area contributed by atoms with E-state index in [-0.39, 0.29) is 0 Å². The SMILES string of the molecule is CC(C)CN=C(N)Nc1cnn(C(C)C)c1. The monoisotopic (exact) mass is 223 g/mol. The molecule has 5 nitrogen and oxygen atoms in total. The van der Waals surface area contributed by atoms with E-state index in [2.05, 4.69) is 43.1 Å². The van der Waals surface area contributed by atoms with Crippen molar-refractivity contribution in [3.8, 4) is 0 Å². The van der Waals surface area contributed by atoms with Crippen LogP contribution in [0.5, 0.6) is 0 Å². The topological polar surface area (TPSA) is 68.2 Å². The third-order valence-electron chi connectivity index (χ3n) is 2.03. The van der Waals surface area contributed by atoms with E-state index < -0.39 is 0 Å². The van der Waals surface area contributed by atoms with Gasteiger partial charge < -0.3 is 11.1 Å². The Balaban J connectivity index is 2.55. The number of aromatic nitrogens is 2. The molecule has 0 aliphatic heterocycles. The summed E-state index contributed by atoms with van der Waals surface area (Å²) in [4.78, 5) is 4.22. The van der Waals surface area contributed by atoms with E-state index in [0.29, 0.717) is 17.9 Å². The maximum atomic E-state index is 5.74. The van der Waals surface area contributed by atoms with Gasteiger partial charge in [-0.05, 0) is 19.8 Å². The number of aliphatic imine (C=N–C) groups is 1. The minimum absolute atomic E-state index is 0.351. The molecule has 0 fully saturated rings. The Kier molecular flexibility index (Phi) is 4.34. The van der Waals surface area contributed by atoms with E-state index in [0.717, 1.165) is 12.2 Å². The minimum atomic E-state index is 0.351. The smallest absolute Gasteiger partial charge is 0.193 e. The first-order valence-corrected chi connectivity index (χ1v) is 5.60. The summed E-state index contributed by atoms with van der Waals surface area (Å²) in [5.74, 6) is 0.954. The van der Waals surface area contributed by atoms with Gasteiger partial charge in [-0.3, -0.25) is 9.67 Å². The third kappa shape index (κ3) is 3.92. The predicted molar refractivity (Wildman–Crippen MR) is 67.6 cm³/mol. The Morgan fingerprint density at radius 2 is 2.19 bits per heavy atom. The lowest BCUT2D eigenvalue weighted by atomic mass is 10.2. The van der Waals surface area contributed by atoms with Crippen LogP contribution in [-0.2, 0) is 0 Å². The molecule has 0 unspecified atom stereocenters. The van der Waals surface area contributed by atoms with Crippen LogP contribution >= 0.6 is 0 Å². The molecule has 0 atom stereocenters. The van der Waals surface area contributed by atoms with Crippen molar-refractivity contribution in [1.82, 2.24) is 9.78 Å². The fourth-order valence-electron chi connectivity index (χ4n) is 1.15. The first kappa shape index (κ1) is 12.5. The highest BCUT2D eigenvalue weighted by atomic mass is 15.3. The van der Waals surface area contributed by atoms with Crippen LogP contribution in [0.2, 0.25) is 0 Å². The van der Waals surface area contributed by atoms with Gasteiger partial charge in [0.1, 0.15) is 0 Å². The molecule has 0 bridgehead atoms. The van der Waals surface area contributed by atoms with Crippen LogP contribution in [-0.4, -0.2) is 22.3 Å². The van der Waals surface area contributed by atoms with Crippen LogP contribution in [0.1, 0.15) is 33.7 Å². The number of nitrogens with two attached hydrogens (primary N) is 1. The van der Waals surface area contributed by atoms with Crippen molar-refractivity contribution in [3.63, 3.8) is 0 Å². The number of hydrogen-bond acceptors (Lipinski definition) is 2. The summed E-state index contributed by atoms with van der Waals surface area (Å²) in [5.41, 5.74) is 6.62. The lowest BCUT2D eigenvalue weighted by molar-refractivity contribution is 0.532. The van der Waals surface area contributed by atoms with Crippen LogP contribution < -0.4 is 11.1 Å². The molecule has 1 heterocycles. The molecule has 0 aliphatic carbocycles. The molecule has 0 saturated carbocycles. The molecule has 1 aromatic heterocycles. The zero-order valence-electron chi connectivity index (χ0n) is 10.4. The second kappa shape index (κ2) is 5.53. The first-order valence-electron chi connectivity index (χ1n) is 5.60. The highest BCUT2D eigenvalue weighted by Gasteiger charge is 2.02. The van der Waals surface area contributed by atoms with Gasteiger partial charge in [0.2, 0.25) is 0 Å². The van der Waals surface area contributed by atoms with Crippen molar-refractivity contribution >= 4 is 11.6 Å². The summed E-state index contributed by atoms with van der Waals surface area (Å²) in [6, 6.07) is 0.351. The summed E-state index contributed by atoms with van der Waals surface area (Å²) in [5, 5.41) is 7.22. The van der Waals surface area contributed by atoms with Crippen LogP contribution in [0, 0.1) is 5.92 Å². The second-order valence-electron chi connectivity index (χ2n) is 4.55. The van der Waals surface area contributed by atoms with Gasteiger partial charge in [-0.25, -0.2) is 0 Å². The summed E-state index contributed by atoms with van der Waals surface area (Å²) in [6.07, 6.45) is 3.67. The van der Waals surface area contributed by atoms with Gasteiger partial charge in [0.15, 0.2) is 5.96 Å². The molecule has 3 N–H and O–H groups in total. The number of rotatable bonds is 4. The maximum Gasteiger partial charge on any atom is 0.193 e. The fourth-order valence-corrected chi connectivity index (χ4v) is 1.15. The van der Waals surface area contributed by atoms with Gasteiger partial charge in [0.25, 0.3) is 0 Å². The number of nitrogens with zero attached hydrogens (tertiary/aromatic N) is 3. The van der Waals surface area contributed by atoms with Gasteiger partial charge >= 0.3 is 0 Å². The molecular formula is C11H21N5. The second-order valence-corrected chi connectivity index (χ2v) is 4.55. The molecule has 90 valence electrons. The molecular weight excluding hydrogens is 202 g/mol. The molecule has 0 spiro atoms. The van der Waals surface area contributed by atoms with Crippen LogP contribution in [0.25, 0.3) is 0 Å². The Morgan fingerprint density at radius 3 is 2.69 bits per heavy atom. The Bertz CT molecular complexity index is 351. The summed E-state index contributed by atoms with van der Waals surface area (Å²) >= 11 is 0. The largest absolute Gasteiger partial charge is 0.370 e. The van der Waals surface area contributed by atoms with E-state index in [1.165, 1.54) is 0 Å². The van der Waals surface area contributed by atoms with Crippen molar-refractivity contribution in [3.05, 3.63) is 12.4 Å². The Morgan fingerprint density at radius 1 is 1.50 bits per heavy atom. The quantitative estimate of drug-likeness (QED) is 0.604. The summed E-state index contributed by atoms with van der Waals surface area (Å²) in [6.45, 7) is 9.10. The fraction of sp³-hybridized carbons (Fsp3) is 0.636. The predicted octanol–water partition coefficient (Wildman–Crippen LogP) is 1.85. The first-order chi connectivity index (χ1) is 7.49. The Labute approximate surface area is 96.7 Å². The van der Waals surface area contributed by atoms with Gasteiger partial charge in [-0.1, -0.05) is 13.8 Å². The van der Waals surface area contributed by atoms with E-state index in [1.54, 1.807) is 6.20 Å². The average Bonchev–Trinajstić information content (AvgIpc) is 2.63. The van der Waals surface area contributed by atoms with Crippen LogP contribution in [0.4, 0.5) is 5.69 Å². The van der Waals surface area contributed by atoms with Gasteiger partial charge in [-0.2, -0.15) is 5.10 Å². The zero-order chi connectivity index (χ0) is 12.1. The molecule has 16 heavy (non-hydrogen) atoms. The number of guanidine groups is 1. The molecule has 0 radical (unpaired) electrons. The maximum absolute atomic E-state index is 5.74. The molecule has 5 heteroatoms. The van der Waals surface area contributed by atoms with Gasteiger partial charge in [0.05, 0.1) is 11.9 Å². The molecule has 1 rings (SSSR count). The summed E-state index contributed by atoms with van der Waals surface area (Å²) < 4.78 is 1.87. The van der Waals surface area contributed by atoms with Crippen LogP contribution in [0.15, 0.2) is 17.4 Å². The zero-order valence-corrected chi connectivity index (χ0v) is 10.4. The third-order valence-corrected chi connectivity index (χ3v) is 2.03.